The number of carbonyl (C=O) groups excluding carboxylic acids is 1. The Kier molecular flexibility index (Phi) is 3.18. The first kappa shape index (κ1) is 10.9. The zero-order valence-electron chi connectivity index (χ0n) is 9.05. The van der Waals surface area contributed by atoms with Gasteiger partial charge in [-0.05, 0) is 23.8 Å². The minimum absolute atomic E-state index is 0.600. The lowest BCUT2D eigenvalue weighted by Crippen LogP contribution is -1.96. The van der Waals surface area contributed by atoms with Crippen LogP contribution in [0.5, 0.6) is 0 Å². The number of hydrogen-bond donors (Lipinski definition) is 1. The minimum Gasteiger partial charge on any atom is -0.328 e. The van der Waals surface area contributed by atoms with Crippen molar-refractivity contribution in [2.45, 2.75) is 0 Å². The molecular weight excluding hydrogens is 212 g/mol. The molecule has 0 radical (unpaired) electrons. The summed E-state index contributed by atoms with van der Waals surface area (Å²) in [5.74, 6) is 0. The van der Waals surface area contributed by atoms with Gasteiger partial charge in [-0.1, -0.05) is 30.3 Å². The second-order valence-electron chi connectivity index (χ2n) is 3.50. The van der Waals surface area contributed by atoms with Crippen LogP contribution in [0.25, 0.3) is 11.1 Å². The molecule has 1 N–H and O–H groups in total. The van der Waals surface area contributed by atoms with E-state index in [-0.39, 0.29) is 0 Å². The Balaban J connectivity index is 2.52. The summed E-state index contributed by atoms with van der Waals surface area (Å²) in [6, 6.07) is 16.8. The lowest BCUT2D eigenvalue weighted by atomic mass is 10.0. The molecule has 1 amide bonds. The average molecular weight is 222 g/mol. The van der Waals surface area contributed by atoms with Crippen LogP contribution in [0.1, 0.15) is 5.56 Å². The summed E-state index contributed by atoms with van der Waals surface area (Å²) in [7, 11) is 0. The minimum atomic E-state index is 0.600. The number of nitriles is 1. The second kappa shape index (κ2) is 4.95. The molecule has 0 bridgehead atoms. The SMILES string of the molecule is N#Cc1cccc(-c2ccccc2NC=O)c1. The molecule has 0 spiro atoms. The molecule has 2 aromatic carbocycles. The summed E-state index contributed by atoms with van der Waals surface area (Å²) in [4.78, 5) is 10.5. The fourth-order valence-corrected chi connectivity index (χ4v) is 1.68. The van der Waals surface area contributed by atoms with E-state index in [1.54, 1.807) is 12.1 Å². The van der Waals surface area contributed by atoms with Gasteiger partial charge in [-0.25, -0.2) is 0 Å². The molecule has 0 unspecified atom stereocenters. The highest BCUT2D eigenvalue weighted by molar-refractivity contribution is 5.85. The van der Waals surface area contributed by atoms with Crippen molar-refractivity contribution < 1.29 is 4.79 Å². The van der Waals surface area contributed by atoms with Gasteiger partial charge in [0, 0.05) is 11.3 Å². The van der Waals surface area contributed by atoms with Crippen LogP contribution in [0.3, 0.4) is 0 Å². The maximum Gasteiger partial charge on any atom is 0.211 e. The van der Waals surface area contributed by atoms with E-state index < -0.39 is 0 Å². The van der Waals surface area contributed by atoms with Crippen molar-refractivity contribution in [1.82, 2.24) is 0 Å². The van der Waals surface area contributed by atoms with E-state index in [2.05, 4.69) is 11.4 Å². The van der Waals surface area contributed by atoms with E-state index in [1.165, 1.54) is 0 Å². The van der Waals surface area contributed by atoms with Gasteiger partial charge in [0.1, 0.15) is 0 Å². The van der Waals surface area contributed by atoms with E-state index in [9.17, 15) is 4.79 Å². The summed E-state index contributed by atoms with van der Waals surface area (Å²) >= 11 is 0. The smallest absolute Gasteiger partial charge is 0.211 e. The predicted molar refractivity (Wildman–Crippen MR) is 66.3 cm³/mol. The number of nitrogens with zero attached hydrogens (tertiary/aromatic N) is 1. The monoisotopic (exact) mass is 222 g/mol. The lowest BCUT2D eigenvalue weighted by molar-refractivity contribution is -0.105. The molecule has 0 aliphatic rings. The van der Waals surface area contributed by atoms with Crippen LogP contribution >= 0.6 is 0 Å². The first-order chi connectivity index (χ1) is 8.35. The summed E-state index contributed by atoms with van der Waals surface area (Å²) in [5.41, 5.74) is 3.15. The highest BCUT2D eigenvalue weighted by Gasteiger charge is 2.04. The molecule has 17 heavy (non-hydrogen) atoms. The zero-order chi connectivity index (χ0) is 12.1. The highest BCUT2D eigenvalue weighted by Crippen LogP contribution is 2.27. The summed E-state index contributed by atoms with van der Waals surface area (Å²) in [6.45, 7) is 0. The number of hydrogen-bond acceptors (Lipinski definition) is 2. The molecule has 3 heteroatoms. The fraction of sp³-hybridized carbons (Fsp3) is 0. The third kappa shape index (κ3) is 2.32. The topological polar surface area (TPSA) is 52.9 Å². The molecule has 0 fully saturated rings. The highest BCUT2D eigenvalue weighted by atomic mass is 16.1. The van der Waals surface area contributed by atoms with E-state index in [1.807, 2.05) is 36.4 Å². The summed E-state index contributed by atoms with van der Waals surface area (Å²) in [5, 5.41) is 11.5. The number of anilines is 1. The van der Waals surface area contributed by atoms with E-state index >= 15 is 0 Å². The first-order valence-corrected chi connectivity index (χ1v) is 5.15. The van der Waals surface area contributed by atoms with Crippen LogP contribution in [0.2, 0.25) is 0 Å². The molecule has 82 valence electrons. The van der Waals surface area contributed by atoms with E-state index in [0.29, 0.717) is 12.0 Å². The van der Waals surface area contributed by atoms with E-state index in [4.69, 9.17) is 5.26 Å². The van der Waals surface area contributed by atoms with Crippen molar-refractivity contribution in [3.8, 4) is 17.2 Å². The standard InChI is InChI=1S/C14H10N2O/c15-9-11-4-3-5-12(8-11)13-6-1-2-7-14(13)16-10-17/h1-8,10H,(H,16,17). The van der Waals surface area contributed by atoms with Crippen molar-refractivity contribution in [3.63, 3.8) is 0 Å². The second-order valence-corrected chi connectivity index (χ2v) is 3.50. The lowest BCUT2D eigenvalue weighted by Gasteiger charge is -2.08. The van der Waals surface area contributed by atoms with Crippen molar-refractivity contribution in [1.29, 1.82) is 5.26 Å². The Bertz CT molecular complexity index is 585. The Hall–Kier alpha value is -2.60. The molecular formula is C14H10N2O. The Labute approximate surface area is 99.3 Å². The van der Waals surface area contributed by atoms with E-state index in [0.717, 1.165) is 16.8 Å². The normalized spacial score (nSPS) is 9.35. The third-order valence-corrected chi connectivity index (χ3v) is 2.44. The molecule has 0 atom stereocenters. The Morgan fingerprint density at radius 3 is 2.71 bits per heavy atom. The number of carbonyl (C=O) groups is 1. The number of rotatable bonds is 3. The zero-order valence-corrected chi connectivity index (χ0v) is 9.05. The quantitative estimate of drug-likeness (QED) is 0.812. The van der Waals surface area contributed by atoms with Crippen LogP contribution in [0.4, 0.5) is 5.69 Å². The molecule has 0 aliphatic carbocycles. The van der Waals surface area contributed by atoms with Crippen molar-refractivity contribution in [2.75, 3.05) is 5.32 Å². The van der Waals surface area contributed by atoms with Gasteiger partial charge in [0.05, 0.1) is 11.6 Å². The largest absolute Gasteiger partial charge is 0.328 e. The van der Waals surface area contributed by atoms with Gasteiger partial charge < -0.3 is 5.32 Å². The number of benzene rings is 2. The maximum absolute atomic E-state index is 10.5. The molecule has 2 rings (SSSR count). The molecule has 0 saturated carbocycles. The van der Waals surface area contributed by atoms with Crippen LogP contribution < -0.4 is 5.32 Å². The van der Waals surface area contributed by atoms with Crippen molar-refractivity contribution in [2.24, 2.45) is 0 Å². The van der Waals surface area contributed by atoms with Gasteiger partial charge in [-0.3, -0.25) is 4.79 Å². The Morgan fingerprint density at radius 2 is 1.94 bits per heavy atom. The van der Waals surface area contributed by atoms with Gasteiger partial charge in [0.15, 0.2) is 0 Å². The molecule has 0 heterocycles. The van der Waals surface area contributed by atoms with Gasteiger partial charge in [-0.15, -0.1) is 0 Å². The van der Waals surface area contributed by atoms with Crippen LogP contribution in [-0.2, 0) is 4.79 Å². The van der Waals surface area contributed by atoms with Crippen LogP contribution in [0, 0.1) is 11.3 Å². The Morgan fingerprint density at radius 1 is 1.12 bits per heavy atom. The number of nitrogens with one attached hydrogen (secondary N) is 1. The molecule has 3 nitrogen and oxygen atoms in total. The first-order valence-electron chi connectivity index (χ1n) is 5.15. The number of amides is 1. The molecule has 0 aliphatic heterocycles. The van der Waals surface area contributed by atoms with Gasteiger partial charge in [-0.2, -0.15) is 5.26 Å². The summed E-state index contributed by atoms with van der Waals surface area (Å²) < 4.78 is 0. The number of para-hydroxylation sites is 1. The van der Waals surface area contributed by atoms with Crippen LogP contribution in [0.15, 0.2) is 48.5 Å². The molecule has 2 aromatic rings. The van der Waals surface area contributed by atoms with Crippen molar-refractivity contribution in [3.05, 3.63) is 54.1 Å². The molecule has 0 aromatic heterocycles. The van der Waals surface area contributed by atoms with Crippen LogP contribution in [-0.4, -0.2) is 6.41 Å². The van der Waals surface area contributed by atoms with Gasteiger partial charge in [0.25, 0.3) is 0 Å². The fourth-order valence-electron chi connectivity index (χ4n) is 1.68. The summed E-state index contributed by atoms with van der Waals surface area (Å²) in [6.07, 6.45) is 0.646. The van der Waals surface area contributed by atoms with Gasteiger partial charge >= 0.3 is 0 Å². The third-order valence-electron chi connectivity index (χ3n) is 2.44. The average Bonchev–Trinajstić information content (AvgIpc) is 2.40. The predicted octanol–water partition coefficient (Wildman–Crippen LogP) is 2.79. The maximum atomic E-state index is 10.5. The molecule has 0 saturated heterocycles. The van der Waals surface area contributed by atoms with Gasteiger partial charge in [0.2, 0.25) is 6.41 Å². The van der Waals surface area contributed by atoms with Crippen molar-refractivity contribution >= 4 is 12.1 Å².